The molecule has 23 heavy (non-hydrogen) atoms. The van der Waals surface area contributed by atoms with Gasteiger partial charge in [-0.15, -0.1) is 0 Å². The van der Waals surface area contributed by atoms with Gasteiger partial charge >= 0.3 is 5.97 Å². The van der Waals surface area contributed by atoms with Crippen LogP contribution in [-0.4, -0.2) is 18.5 Å². The summed E-state index contributed by atoms with van der Waals surface area (Å²) in [5.74, 6) is -1.27. The van der Waals surface area contributed by atoms with Crippen molar-refractivity contribution in [3.8, 4) is 0 Å². The Bertz CT molecular complexity index is 748. The molecule has 0 aromatic heterocycles. The maximum absolute atomic E-state index is 12.0. The molecule has 0 radical (unpaired) electrons. The summed E-state index contributed by atoms with van der Waals surface area (Å²) in [7, 11) is 0. The van der Waals surface area contributed by atoms with E-state index in [1.54, 1.807) is 30.3 Å². The summed E-state index contributed by atoms with van der Waals surface area (Å²) in [6.45, 7) is -0.494. The van der Waals surface area contributed by atoms with Gasteiger partial charge in [0.15, 0.2) is 6.61 Å². The minimum Gasteiger partial charge on any atom is -0.452 e. The van der Waals surface area contributed by atoms with Crippen molar-refractivity contribution in [3.05, 3.63) is 56.5 Å². The second-order valence-electron chi connectivity index (χ2n) is 4.45. The van der Waals surface area contributed by atoms with Crippen LogP contribution in [0.5, 0.6) is 0 Å². The molecule has 1 amide bonds. The Morgan fingerprint density at radius 1 is 1.17 bits per heavy atom. The summed E-state index contributed by atoms with van der Waals surface area (Å²) in [5, 5.41) is 3.06. The number of benzene rings is 2. The number of amides is 1. The van der Waals surface area contributed by atoms with Crippen molar-refractivity contribution in [2.45, 2.75) is 0 Å². The fraction of sp³-hybridized carbons (Fsp3) is 0.0667. The number of carbonyl (C=O) groups excluding carboxylic acids is 2. The standard InChI is InChI=1S/C15H11BrCl2N2O3/c16-8-4-5-12(19)9(6-8)15(22)23-7-13(21)20-14-10(17)2-1-3-11(14)18/h1-6H,7,19H2,(H,20,21). The maximum atomic E-state index is 12.0. The average Bonchev–Trinajstić information content (AvgIpc) is 2.51. The van der Waals surface area contributed by atoms with E-state index in [1.165, 1.54) is 6.07 Å². The zero-order valence-corrected chi connectivity index (χ0v) is 14.7. The number of nitrogen functional groups attached to an aromatic ring is 1. The van der Waals surface area contributed by atoms with Crippen LogP contribution >= 0.6 is 39.1 Å². The van der Waals surface area contributed by atoms with Crippen LogP contribution in [0.4, 0.5) is 11.4 Å². The van der Waals surface area contributed by atoms with Crippen LogP contribution in [0.25, 0.3) is 0 Å². The van der Waals surface area contributed by atoms with Crippen molar-refractivity contribution in [1.29, 1.82) is 0 Å². The highest BCUT2D eigenvalue weighted by molar-refractivity contribution is 9.10. The van der Waals surface area contributed by atoms with Crippen LogP contribution in [0.2, 0.25) is 10.0 Å². The third-order valence-corrected chi connectivity index (χ3v) is 3.92. The lowest BCUT2D eigenvalue weighted by Crippen LogP contribution is -2.21. The largest absolute Gasteiger partial charge is 0.452 e. The Morgan fingerprint density at radius 2 is 1.83 bits per heavy atom. The predicted octanol–water partition coefficient (Wildman–Crippen LogP) is 4.13. The highest BCUT2D eigenvalue weighted by Crippen LogP contribution is 2.29. The second kappa shape index (κ2) is 7.68. The Morgan fingerprint density at radius 3 is 2.48 bits per heavy atom. The van der Waals surface area contributed by atoms with Crippen LogP contribution in [0.3, 0.4) is 0 Å². The van der Waals surface area contributed by atoms with E-state index in [4.69, 9.17) is 33.7 Å². The zero-order chi connectivity index (χ0) is 17.0. The van der Waals surface area contributed by atoms with E-state index in [9.17, 15) is 9.59 Å². The van der Waals surface area contributed by atoms with Gasteiger partial charge in [0.1, 0.15) is 0 Å². The highest BCUT2D eigenvalue weighted by atomic mass is 79.9. The summed E-state index contributed by atoms with van der Waals surface area (Å²) in [5.41, 5.74) is 6.39. The minimum absolute atomic E-state index is 0.169. The Kier molecular flexibility index (Phi) is 5.87. The van der Waals surface area contributed by atoms with Crippen LogP contribution in [0, 0.1) is 0 Å². The van der Waals surface area contributed by atoms with E-state index in [2.05, 4.69) is 21.2 Å². The third-order valence-electron chi connectivity index (χ3n) is 2.80. The molecule has 2 aromatic rings. The highest BCUT2D eigenvalue weighted by Gasteiger charge is 2.15. The first-order valence-electron chi connectivity index (χ1n) is 6.34. The third kappa shape index (κ3) is 4.60. The first kappa shape index (κ1) is 17.6. The molecule has 0 saturated heterocycles. The van der Waals surface area contributed by atoms with Crippen molar-refractivity contribution >= 4 is 62.4 Å². The number of anilines is 2. The first-order valence-corrected chi connectivity index (χ1v) is 7.89. The summed E-state index contributed by atoms with van der Waals surface area (Å²) >= 11 is 15.1. The smallest absolute Gasteiger partial charge is 0.340 e. The molecule has 0 spiro atoms. The summed E-state index contributed by atoms with van der Waals surface area (Å²) in [4.78, 5) is 23.8. The van der Waals surface area contributed by atoms with Gasteiger partial charge in [-0.05, 0) is 30.3 Å². The number of rotatable bonds is 4. The molecule has 120 valence electrons. The summed E-state index contributed by atoms with van der Waals surface area (Å²) < 4.78 is 5.61. The van der Waals surface area contributed by atoms with Crippen molar-refractivity contribution < 1.29 is 14.3 Å². The molecule has 3 N–H and O–H groups in total. The van der Waals surface area contributed by atoms with Gasteiger partial charge in [-0.2, -0.15) is 0 Å². The van der Waals surface area contributed by atoms with Gasteiger partial charge in [0.2, 0.25) is 0 Å². The van der Waals surface area contributed by atoms with Gasteiger partial charge in [0.25, 0.3) is 5.91 Å². The number of nitrogens with one attached hydrogen (secondary N) is 1. The number of esters is 1. The van der Waals surface area contributed by atoms with Crippen molar-refractivity contribution in [2.24, 2.45) is 0 Å². The van der Waals surface area contributed by atoms with Gasteiger partial charge in [0.05, 0.1) is 21.3 Å². The number of hydrogen-bond acceptors (Lipinski definition) is 4. The zero-order valence-electron chi connectivity index (χ0n) is 11.6. The van der Waals surface area contributed by atoms with Gasteiger partial charge < -0.3 is 15.8 Å². The predicted molar refractivity (Wildman–Crippen MR) is 93.9 cm³/mol. The molecule has 8 heteroatoms. The van der Waals surface area contributed by atoms with Crippen LogP contribution < -0.4 is 11.1 Å². The van der Waals surface area contributed by atoms with E-state index < -0.39 is 18.5 Å². The molecule has 0 fully saturated rings. The molecular formula is C15H11BrCl2N2O3. The van der Waals surface area contributed by atoms with Crippen LogP contribution in [0.1, 0.15) is 10.4 Å². The molecule has 0 aliphatic rings. The molecular weight excluding hydrogens is 407 g/mol. The van der Waals surface area contributed by atoms with Crippen molar-refractivity contribution in [3.63, 3.8) is 0 Å². The Balaban J connectivity index is 1.99. The monoisotopic (exact) mass is 416 g/mol. The lowest BCUT2D eigenvalue weighted by Gasteiger charge is -2.10. The molecule has 0 atom stereocenters. The quantitative estimate of drug-likeness (QED) is 0.578. The van der Waals surface area contributed by atoms with Crippen molar-refractivity contribution in [2.75, 3.05) is 17.7 Å². The number of nitrogens with two attached hydrogens (primary N) is 1. The van der Waals surface area contributed by atoms with Gasteiger partial charge in [0, 0.05) is 10.2 Å². The number of hydrogen-bond donors (Lipinski definition) is 2. The van der Waals surface area contributed by atoms with Crippen LogP contribution in [-0.2, 0) is 9.53 Å². The van der Waals surface area contributed by atoms with Gasteiger partial charge in [-0.1, -0.05) is 45.2 Å². The normalized spacial score (nSPS) is 10.2. The molecule has 0 heterocycles. The molecule has 0 aliphatic carbocycles. The summed E-state index contributed by atoms with van der Waals surface area (Å²) in [6.07, 6.45) is 0. The molecule has 0 bridgehead atoms. The van der Waals surface area contributed by atoms with E-state index in [0.717, 1.165) is 0 Å². The second-order valence-corrected chi connectivity index (χ2v) is 6.18. The first-order chi connectivity index (χ1) is 10.9. The van der Waals surface area contributed by atoms with E-state index >= 15 is 0 Å². The molecule has 0 unspecified atom stereocenters. The minimum atomic E-state index is -0.704. The fourth-order valence-electron chi connectivity index (χ4n) is 1.71. The van der Waals surface area contributed by atoms with Crippen LogP contribution in [0.15, 0.2) is 40.9 Å². The van der Waals surface area contributed by atoms with Gasteiger partial charge in [-0.3, -0.25) is 4.79 Å². The molecule has 5 nitrogen and oxygen atoms in total. The summed E-state index contributed by atoms with van der Waals surface area (Å²) in [6, 6.07) is 9.58. The molecule has 0 saturated carbocycles. The van der Waals surface area contributed by atoms with E-state index in [0.29, 0.717) is 4.47 Å². The Labute approximate surface area is 150 Å². The SMILES string of the molecule is Nc1ccc(Br)cc1C(=O)OCC(=O)Nc1c(Cl)cccc1Cl. The number of halogens is 3. The lowest BCUT2D eigenvalue weighted by molar-refractivity contribution is -0.119. The van der Waals surface area contributed by atoms with E-state index in [1.807, 2.05) is 0 Å². The maximum Gasteiger partial charge on any atom is 0.340 e. The number of para-hydroxylation sites is 1. The average molecular weight is 418 g/mol. The number of carbonyl (C=O) groups is 2. The van der Waals surface area contributed by atoms with Gasteiger partial charge in [-0.25, -0.2) is 4.79 Å². The topological polar surface area (TPSA) is 81.4 Å². The molecule has 2 rings (SSSR count). The fourth-order valence-corrected chi connectivity index (χ4v) is 2.56. The lowest BCUT2D eigenvalue weighted by atomic mass is 10.2. The Hall–Kier alpha value is -1.76. The molecule has 0 aliphatic heterocycles. The van der Waals surface area contributed by atoms with E-state index in [-0.39, 0.29) is 27.0 Å². The molecule has 2 aromatic carbocycles. The van der Waals surface area contributed by atoms with Crippen molar-refractivity contribution in [1.82, 2.24) is 0 Å². The number of ether oxygens (including phenoxy) is 1.